The van der Waals surface area contributed by atoms with Gasteiger partial charge in [0.25, 0.3) is 0 Å². The lowest BCUT2D eigenvalue weighted by atomic mass is 10.0. The van der Waals surface area contributed by atoms with E-state index in [2.05, 4.69) is 0 Å². The van der Waals surface area contributed by atoms with E-state index in [0.29, 0.717) is 5.56 Å². The van der Waals surface area contributed by atoms with Gasteiger partial charge in [0.05, 0.1) is 22.8 Å². The molecule has 0 aliphatic carbocycles. The molecule has 6 heteroatoms. The van der Waals surface area contributed by atoms with E-state index < -0.39 is 28.7 Å². The fourth-order valence-electron chi connectivity index (χ4n) is 1.67. The van der Waals surface area contributed by atoms with Gasteiger partial charge in [-0.2, -0.15) is 0 Å². The molecule has 102 valence electrons. The van der Waals surface area contributed by atoms with Crippen molar-refractivity contribution in [3.8, 4) is 0 Å². The van der Waals surface area contributed by atoms with E-state index in [-0.39, 0.29) is 10.6 Å². The molecule has 0 heterocycles. The van der Waals surface area contributed by atoms with Gasteiger partial charge in [0.15, 0.2) is 9.84 Å². The van der Waals surface area contributed by atoms with Crippen LogP contribution in [0.2, 0.25) is 0 Å². The van der Waals surface area contributed by atoms with Crippen LogP contribution in [0, 0.1) is 0 Å². The van der Waals surface area contributed by atoms with E-state index in [4.69, 9.17) is 10.5 Å². The Kier molecular flexibility index (Phi) is 5.25. The largest absolute Gasteiger partial charge is 0.375 e. The number of methoxy groups -OCH3 is 1. The van der Waals surface area contributed by atoms with E-state index in [1.807, 2.05) is 0 Å². The van der Waals surface area contributed by atoms with E-state index in [1.165, 1.54) is 19.2 Å². The van der Waals surface area contributed by atoms with Gasteiger partial charge in [0.1, 0.15) is 6.67 Å². The van der Waals surface area contributed by atoms with Crippen molar-refractivity contribution < 1.29 is 17.5 Å². The van der Waals surface area contributed by atoms with Gasteiger partial charge >= 0.3 is 0 Å². The lowest BCUT2D eigenvalue weighted by molar-refractivity contribution is 0.0720. The first kappa shape index (κ1) is 15.1. The van der Waals surface area contributed by atoms with Gasteiger partial charge < -0.3 is 10.5 Å². The number of rotatable bonds is 6. The molecule has 0 fully saturated rings. The van der Waals surface area contributed by atoms with Crippen molar-refractivity contribution in [3.05, 3.63) is 29.8 Å². The van der Waals surface area contributed by atoms with Crippen molar-refractivity contribution in [3.63, 3.8) is 0 Å². The summed E-state index contributed by atoms with van der Waals surface area (Å²) in [5.41, 5.74) is 6.26. The molecule has 4 nitrogen and oxygen atoms in total. The van der Waals surface area contributed by atoms with Gasteiger partial charge in [-0.05, 0) is 17.7 Å². The number of benzene rings is 1. The lowest BCUT2D eigenvalue weighted by Crippen LogP contribution is -2.31. The molecule has 1 rings (SSSR count). The molecule has 0 aromatic heterocycles. The summed E-state index contributed by atoms with van der Waals surface area (Å²) >= 11 is 0. The van der Waals surface area contributed by atoms with Crippen LogP contribution in [0.1, 0.15) is 18.6 Å². The minimum Gasteiger partial charge on any atom is -0.375 e. The summed E-state index contributed by atoms with van der Waals surface area (Å²) in [5, 5.41) is 0. The third-order valence-corrected chi connectivity index (χ3v) is 4.52. The van der Waals surface area contributed by atoms with Crippen LogP contribution < -0.4 is 5.73 Å². The first-order chi connectivity index (χ1) is 8.46. The Hall–Kier alpha value is -0.980. The molecular formula is C12H18FNO3S. The summed E-state index contributed by atoms with van der Waals surface area (Å²) in [6.07, 6.45) is -0.576. The van der Waals surface area contributed by atoms with Crippen molar-refractivity contribution in [1.29, 1.82) is 0 Å². The zero-order chi connectivity index (χ0) is 13.8. The molecule has 2 N–H and O–H groups in total. The van der Waals surface area contributed by atoms with Gasteiger partial charge in [0.2, 0.25) is 0 Å². The first-order valence-corrected chi connectivity index (χ1v) is 7.28. The third-order valence-electron chi connectivity index (χ3n) is 2.77. The van der Waals surface area contributed by atoms with Crippen molar-refractivity contribution in [1.82, 2.24) is 0 Å². The van der Waals surface area contributed by atoms with E-state index >= 15 is 0 Å². The normalized spacial score (nSPS) is 15.3. The highest BCUT2D eigenvalue weighted by atomic mass is 32.2. The fourth-order valence-corrected chi connectivity index (χ4v) is 2.55. The lowest BCUT2D eigenvalue weighted by Gasteiger charge is -2.20. The maximum atomic E-state index is 12.5. The Labute approximate surface area is 107 Å². The number of sulfone groups is 1. The zero-order valence-electron chi connectivity index (χ0n) is 10.5. The molecule has 18 heavy (non-hydrogen) atoms. The highest BCUT2D eigenvalue weighted by Crippen LogP contribution is 2.22. The molecule has 0 aliphatic heterocycles. The number of nitrogens with two attached hydrogens (primary N) is 1. The molecule has 1 aromatic carbocycles. The van der Waals surface area contributed by atoms with Gasteiger partial charge in [-0.3, -0.25) is 0 Å². The van der Waals surface area contributed by atoms with E-state index in [1.54, 1.807) is 19.1 Å². The Balaban J connectivity index is 3.02. The molecule has 2 atom stereocenters. The topological polar surface area (TPSA) is 69.4 Å². The summed E-state index contributed by atoms with van der Waals surface area (Å²) in [6.45, 7) is 0.883. The highest BCUT2D eigenvalue weighted by Gasteiger charge is 2.20. The Morgan fingerprint density at radius 2 is 1.89 bits per heavy atom. The fraction of sp³-hybridized carbons (Fsp3) is 0.500. The van der Waals surface area contributed by atoms with Crippen molar-refractivity contribution in [2.45, 2.75) is 24.0 Å². The molecule has 0 aliphatic rings. The monoisotopic (exact) mass is 275 g/mol. The predicted octanol–water partition coefficient (Wildman–Crippen LogP) is 1.46. The number of ether oxygens (including phenoxy) is 1. The van der Waals surface area contributed by atoms with Crippen LogP contribution in [0.25, 0.3) is 0 Å². The average molecular weight is 275 g/mol. The van der Waals surface area contributed by atoms with Crippen LogP contribution in [-0.2, 0) is 14.6 Å². The van der Waals surface area contributed by atoms with Crippen molar-refractivity contribution >= 4 is 9.84 Å². The summed E-state index contributed by atoms with van der Waals surface area (Å²) in [4.78, 5) is 0.248. The minimum atomic E-state index is -3.22. The minimum absolute atomic E-state index is 0.0457. The second kappa shape index (κ2) is 6.26. The van der Waals surface area contributed by atoms with Gasteiger partial charge in [-0.15, -0.1) is 0 Å². The molecule has 0 saturated heterocycles. The average Bonchev–Trinajstić information content (AvgIpc) is 2.40. The Bertz CT molecular complexity index is 473. The van der Waals surface area contributed by atoms with Gasteiger partial charge in [-0.25, -0.2) is 12.8 Å². The van der Waals surface area contributed by atoms with Gasteiger partial charge in [0, 0.05) is 7.11 Å². The maximum absolute atomic E-state index is 12.5. The number of hydrogen-bond donors (Lipinski definition) is 1. The number of alkyl halides is 1. The van der Waals surface area contributed by atoms with Crippen LogP contribution in [0.15, 0.2) is 29.2 Å². The van der Waals surface area contributed by atoms with Crippen LogP contribution in [0.5, 0.6) is 0 Å². The summed E-state index contributed by atoms with van der Waals surface area (Å²) < 4.78 is 40.9. The molecule has 0 radical (unpaired) electrons. The predicted molar refractivity (Wildman–Crippen MR) is 67.9 cm³/mol. The van der Waals surface area contributed by atoms with E-state index in [0.717, 1.165) is 0 Å². The van der Waals surface area contributed by atoms with Gasteiger partial charge in [-0.1, -0.05) is 19.1 Å². The van der Waals surface area contributed by atoms with Crippen LogP contribution in [-0.4, -0.2) is 34.0 Å². The smallest absolute Gasteiger partial charge is 0.178 e. The molecule has 0 bridgehead atoms. The second-order valence-corrected chi connectivity index (χ2v) is 6.23. The summed E-state index contributed by atoms with van der Waals surface area (Å²) in [5.74, 6) is 0.0457. The standard InChI is InChI=1S/C12H18FNO3S/c1-3-18(15,16)10-6-4-9(5-7-10)12(17-2)11(14)8-13/h4-7,11-12H,3,8,14H2,1-2H3/t11-,12-/m1/s1. The molecule has 0 amide bonds. The third kappa shape index (κ3) is 3.28. The van der Waals surface area contributed by atoms with E-state index in [9.17, 15) is 12.8 Å². The SMILES string of the molecule is CCS(=O)(=O)c1ccc([C@@H](OC)[C@H](N)CF)cc1. The number of halogens is 1. The Morgan fingerprint density at radius 3 is 2.28 bits per heavy atom. The first-order valence-electron chi connectivity index (χ1n) is 5.63. The van der Waals surface area contributed by atoms with Crippen LogP contribution in [0.3, 0.4) is 0 Å². The number of hydrogen-bond acceptors (Lipinski definition) is 4. The highest BCUT2D eigenvalue weighted by molar-refractivity contribution is 7.91. The summed E-state index contributed by atoms with van der Waals surface area (Å²) in [6, 6.07) is 5.43. The second-order valence-electron chi connectivity index (χ2n) is 3.95. The zero-order valence-corrected chi connectivity index (χ0v) is 11.3. The maximum Gasteiger partial charge on any atom is 0.178 e. The Morgan fingerprint density at radius 1 is 1.33 bits per heavy atom. The molecule has 0 spiro atoms. The van der Waals surface area contributed by atoms with Crippen molar-refractivity contribution in [2.24, 2.45) is 5.73 Å². The molecular weight excluding hydrogens is 257 g/mol. The molecule has 0 unspecified atom stereocenters. The van der Waals surface area contributed by atoms with Crippen LogP contribution in [0.4, 0.5) is 4.39 Å². The quantitative estimate of drug-likeness (QED) is 0.853. The summed E-state index contributed by atoms with van der Waals surface area (Å²) in [7, 11) is -1.78. The van der Waals surface area contributed by atoms with Crippen LogP contribution >= 0.6 is 0 Å². The van der Waals surface area contributed by atoms with Crippen molar-refractivity contribution in [2.75, 3.05) is 19.5 Å². The molecule has 1 aromatic rings. The molecule has 0 saturated carbocycles.